The Kier molecular flexibility index (Phi) is 5.79. The van der Waals surface area contributed by atoms with Gasteiger partial charge < -0.3 is 10.1 Å². The minimum Gasteiger partial charge on any atom is -0.383 e. The third-order valence-corrected chi connectivity index (χ3v) is 3.57. The molecule has 2 rings (SSSR count). The van der Waals surface area contributed by atoms with E-state index in [1.54, 1.807) is 7.11 Å². The number of nitrogens with one attached hydrogen (secondary N) is 1. The van der Waals surface area contributed by atoms with Crippen LogP contribution in [0.25, 0.3) is 5.69 Å². The van der Waals surface area contributed by atoms with Gasteiger partial charge in [0.2, 0.25) is 0 Å². The second kappa shape index (κ2) is 7.59. The van der Waals surface area contributed by atoms with E-state index in [-0.39, 0.29) is 0 Å². The number of halogens is 1. The first kappa shape index (κ1) is 16.0. The molecule has 2 aromatic rings. The van der Waals surface area contributed by atoms with Crippen LogP contribution in [0.15, 0.2) is 30.5 Å². The topological polar surface area (TPSA) is 39.1 Å². The van der Waals surface area contributed by atoms with Gasteiger partial charge in [-0.3, -0.25) is 0 Å². The summed E-state index contributed by atoms with van der Waals surface area (Å²) in [6.07, 6.45) is 1.95. The van der Waals surface area contributed by atoms with Crippen LogP contribution in [0.4, 0.5) is 0 Å². The lowest BCUT2D eigenvalue weighted by atomic mass is 10.1. The van der Waals surface area contributed by atoms with Crippen molar-refractivity contribution >= 4 is 11.6 Å². The van der Waals surface area contributed by atoms with Gasteiger partial charge in [0.15, 0.2) is 0 Å². The smallest absolute Gasteiger partial charge is 0.0832 e. The summed E-state index contributed by atoms with van der Waals surface area (Å²) in [6.45, 7) is 6.57. The second-order valence-corrected chi connectivity index (χ2v) is 5.70. The third-order valence-electron chi connectivity index (χ3n) is 3.27. The lowest BCUT2D eigenvalue weighted by molar-refractivity contribution is 0.199. The molecule has 1 heterocycles. The van der Waals surface area contributed by atoms with Crippen LogP contribution in [0.3, 0.4) is 0 Å². The summed E-state index contributed by atoms with van der Waals surface area (Å²) in [4.78, 5) is 0. The number of benzene rings is 1. The average molecular weight is 308 g/mol. The quantitative estimate of drug-likeness (QED) is 0.797. The minimum atomic E-state index is 0.411. The van der Waals surface area contributed by atoms with Gasteiger partial charge >= 0.3 is 0 Å². The lowest BCUT2D eigenvalue weighted by Crippen LogP contribution is -2.18. The van der Waals surface area contributed by atoms with Crippen LogP contribution in [-0.4, -0.2) is 30.0 Å². The Balaban J connectivity index is 2.07. The summed E-state index contributed by atoms with van der Waals surface area (Å²) in [5.74, 6) is 0.411. The largest absolute Gasteiger partial charge is 0.383 e. The first-order chi connectivity index (χ1) is 10.1. The maximum atomic E-state index is 6.38. The molecule has 0 unspecified atom stereocenters. The van der Waals surface area contributed by atoms with Crippen molar-refractivity contribution < 1.29 is 4.74 Å². The molecule has 5 heteroatoms. The van der Waals surface area contributed by atoms with Crippen molar-refractivity contribution in [2.75, 3.05) is 20.3 Å². The predicted molar refractivity (Wildman–Crippen MR) is 86.2 cm³/mol. The molecule has 114 valence electrons. The first-order valence-electron chi connectivity index (χ1n) is 7.16. The molecule has 0 aliphatic heterocycles. The van der Waals surface area contributed by atoms with E-state index in [1.165, 1.54) is 0 Å². The molecule has 0 saturated carbocycles. The zero-order valence-electron chi connectivity index (χ0n) is 12.8. The fourth-order valence-corrected chi connectivity index (χ4v) is 2.32. The van der Waals surface area contributed by atoms with Gasteiger partial charge in [-0.2, -0.15) is 5.10 Å². The molecule has 0 atom stereocenters. The molecular weight excluding hydrogens is 286 g/mol. The molecule has 0 fully saturated rings. The van der Waals surface area contributed by atoms with E-state index < -0.39 is 0 Å². The summed E-state index contributed by atoms with van der Waals surface area (Å²) in [5, 5.41) is 8.57. The summed E-state index contributed by atoms with van der Waals surface area (Å²) in [5.41, 5.74) is 3.12. The maximum absolute atomic E-state index is 6.38. The fourth-order valence-electron chi connectivity index (χ4n) is 2.03. The molecule has 0 aliphatic rings. The number of hydrogen-bond acceptors (Lipinski definition) is 3. The molecule has 0 amide bonds. The van der Waals surface area contributed by atoms with E-state index in [4.69, 9.17) is 16.3 Å². The van der Waals surface area contributed by atoms with Crippen molar-refractivity contribution in [2.24, 2.45) is 0 Å². The Hall–Kier alpha value is -1.36. The minimum absolute atomic E-state index is 0.411. The van der Waals surface area contributed by atoms with Crippen LogP contribution in [0, 0.1) is 0 Å². The molecule has 1 N–H and O–H groups in total. The van der Waals surface area contributed by atoms with Crippen LogP contribution >= 0.6 is 11.6 Å². The standard InChI is InChI=1S/C16H22ClN3O/c1-12(2)15-6-8-20(19-15)16-5-4-13(10-14(16)17)11-18-7-9-21-3/h4-6,8,10,12,18H,7,9,11H2,1-3H3. The van der Waals surface area contributed by atoms with Crippen molar-refractivity contribution in [3.8, 4) is 5.69 Å². The highest BCUT2D eigenvalue weighted by Gasteiger charge is 2.08. The van der Waals surface area contributed by atoms with E-state index in [2.05, 4.69) is 30.3 Å². The summed E-state index contributed by atoms with van der Waals surface area (Å²) >= 11 is 6.38. The van der Waals surface area contributed by atoms with E-state index in [0.29, 0.717) is 17.5 Å². The number of hydrogen-bond donors (Lipinski definition) is 1. The van der Waals surface area contributed by atoms with Crippen LogP contribution < -0.4 is 5.32 Å². The van der Waals surface area contributed by atoms with Crippen LogP contribution in [0.2, 0.25) is 5.02 Å². The van der Waals surface area contributed by atoms with E-state index >= 15 is 0 Å². The molecule has 21 heavy (non-hydrogen) atoms. The van der Waals surface area contributed by atoms with Gasteiger partial charge in [-0.25, -0.2) is 4.68 Å². The number of aromatic nitrogens is 2. The average Bonchev–Trinajstić information content (AvgIpc) is 2.93. The summed E-state index contributed by atoms with van der Waals surface area (Å²) in [6, 6.07) is 8.08. The van der Waals surface area contributed by atoms with Gasteiger partial charge in [0, 0.05) is 26.4 Å². The van der Waals surface area contributed by atoms with Crippen molar-refractivity contribution in [1.29, 1.82) is 0 Å². The van der Waals surface area contributed by atoms with Crippen LogP contribution in [-0.2, 0) is 11.3 Å². The molecular formula is C16H22ClN3O. The fraction of sp³-hybridized carbons (Fsp3) is 0.438. The molecule has 0 saturated heterocycles. The van der Waals surface area contributed by atoms with Crippen molar-refractivity contribution in [3.63, 3.8) is 0 Å². The highest BCUT2D eigenvalue weighted by atomic mass is 35.5. The van der Waals surface area contributed by atoms with Crippen LogP contribution in [0.1, 0.15) is 31.0 Å². The summed E-state index contributed by atoms with van der Waals surface area (Å²) < 4.78 is 6.83. The number of methoxy groups -OCH3 is 1. The predicted octanol–water partition coefficient (Wildman–Crippen LogP) is 3.39. The Bertz CT molecular complexity index is 581. The molecule has 1 aromatic carbocycles. The highest BCUT2D eigenvalue weighted by molar-refractivity contribution is 6.32. The van der Waals surface area contributed by atoms with E-state index in [9.17, 15) is 0 Å². The molecule has 0 spiro atoms. The summed E-state index contributed by atoms with van der Waals surface area (Å²) in [7, 11) is 1.70. The number of rotatable bonds is 7. The normalized spacial score (nSPS) is 11.3. The van der Waals surface area contributed by atoms with Crippen molar-refractivity contribution in [3.05, 3.63) is 46.7 Å². The molecule has 0 bridgehead atoms. The maximum Gasteiger partial charge on any atom is 0.0832 e. The van der Waals surface area contributed by atoms with Gasteiger partial charge in [0.05, 0.1) is 23.0 Å². The van der Waals surface area contributed by atoms with E-state index in [0.717, 1.165) is 30.0 Å². The van der Waals surface area contributed by atoms with Crippen molar-refractivity contribution in [1.82, 2.24) is 15.1 Å². The monoisotopic (exact) mass is 307 g/mol. The SMILES string of the molecule is COCCNCc1ccc(-n2ccc(C(C)C)n2)c(Cl)c1. The third kappa shape index (κ3) is 4.30. The zero-order chi connectivity index (χ0) is 15.2. The molecule has 0 aliphatic carbocycles. The number of ether oxygens (including phenoxy) is 1. The molecule has 0 radical (unpaired) electrons. The van der Waals surface area contributed by atoms with Gasteiger partial charge in [-0.15, -0.1) is 0 Å². The van der Waals surface area contributed by atoms with Gasteiger partial charge in [0.1, 0.15) is 0 Å². The first-order valence-corrected chi connectivity index (χ1v) is 7.53. The Morgan fingerprint density at radius 1 is 1.33 bits per heavy atom. The highest BCUT2D eigenvalue weighted by Crippen LogP contribution is 2.22. The van der Waals surface area contributed by atoms with E-state index in [1.807, 2.05) is 29.1 Å². The zero-order valence-corrected chi connectivity index (χ0v) is 13.5. The Morgan fingerprint density at radius 3 is 2.76 bits per heavy atom. The van der Waals surface area contributed by atoms with Gasteiger partial charge in [-0.05, 0) is 29.7 Å². The van der Waals surface area contributed by atoms with Gasteiger partial charge in [-0.1, -0.05) is 31.5 Å². The molecule has 1 aromatic heterocycles. The van der Waals surface area contributed by atoms with Crippen molar-refractivity contribution in [2.45, 2.75) is 26.3 Å². The Morgan fingerprint density at radius 2 is 2.14 bits per heavy atom. The Labute approximate surface area is 131 Å². The van der Waals surface area contributed by atoms with Gasteiger partial charge in [0.25, 0.3) is 0 Å². The molecule has 4 nitrogen and oxygen atoms in total. The number of nitrogens with zero attached hydrogens (tertiary/aromatic N) is 2. The van der Waals surface area contributed by atoms with Crippen LogP contribution in [0.5, 0.6) is 0 Å². The second-order valence-electron chi connectivity index (χ2n) is 5.30. The lowest BCUT2D eigenvalue weighted by Gasteiger charge is -2.09.